The lowest BCUT2D eigenvalue weighted by Gasteiger charge is -2.28. The van der Waals surface area contributed by atoms with Crippen LogP contribution in [0.4, 0.5) is 5.82 Å². The minimum Gasteiger partial charge on any atom is -0.354 e. The molecule has 0 bridgehead atoms. The van der Waals surface area contributed by atoms with E-state index in [1.807, 2.05) is 30.3 Å². The molecule has 0 saturated carbocycles. The van der Waals surface area contributed by atoms with Gasteiger partial charge in [-0.05, 0) is 24.3 Å². The van der Waals surface area contributed by atoms with Gasteiger partial charge in [0.25, 0.3) is 0 Å². The molecule has 0 unspecified atom stereocenters. The molecule has 27 heavy (non-hydrogen) atoms. The molecule has 6 nitrogen and oxygen atoms in total. The second-order valence-corrected chi connectivity index (χ2v) is 6.59. The van der Waals surface area contributed by atoms with Crippen molar-refractivity contribution in [2.24, 2.45) is 0 Å². The maximum Gasteiger partial charge on any atom is 0.167 e. The second kappa shape index (κ2) is 6.81. The third-order valence-corrected chi connectivity index (χ3v) is 4.88. The van der Waals surface area contributed by atoms with Gasteiger partial charge in [0.15, 0.2) is 5.65 Å². The Balaban J connectivity index is 1.72. The highest BCUT2D eigenvalue weighted by molar-refractivity contribution is 5.81. The van der Waals surface area contributed by atoms with Crippen LogP contribution < -0.4 is 10.2 Å². The van der Waals surface area contributed by atoms with E-state index in [1.54, 1.807) is 12.4 Å². The van der Waals surface area contributed by atoms with Crippen molar-refractivity contribution in [3.8, 4) is 17.1 Å². The quantitative estimate of drug-likeness (QED) is 0.612. The third kappa shape index (κ3) is 2.94. The normalized spacial score (nSPS) is 14.6. The van der Waals surface area contributed by atoms with E-state index < -0.39 is 0 Å². The zero-order valence-corrected chi connectivity index (χ0v) is 14.9. The van der Waals surface area contributed by atoms with Gasteiger partial charge in [-0.3, -0.25) is 9.55 Å². The Morgan fingerprint density at radius 3 is 2.37 bits per heavy atom. The number of pyridine rings is 2. The van der Waals surface area contributed by atoms with Gasteiger partial charge in [-0.25, -0.2) is 9.97 Å². The zero-order chi connectivity index (χ0) is 18.1. The number of hydrogen-bond acceptors (Lipinski definition) is 5. The van der Waals surface area contributed by atoms with Crippen molar-refractivity contribution in [1.29, 1.82) is 0 Å². The highest BCUT2D eigenvalue weighted by atomic mass is 15.2. The number of imidazole rings is 1. The molecule has 0 radical (unpaired) electrons. The van der Waals surface area contributed by atoms with Gasteiger partial charge in [-0.1, -0.05) is 30.3 Å². The molecule has 0 aliphatic carbocycles. The van der Waals surface area contributed by atoms with Crippen molar-refractivity contribution in [2.45, 2.75) is 0 Å². The maximum atomic E-state index is 5.00. The van der Waals surface area contributed by atoms with E-state index in [0.717, 1.165) is 60.2 Å². The summed E-state index contributed by atoms with van der Waals surface area (Å²) >= 11 is 0. The second-order valence-electron chi connectivity index (χ2n) is 6.59. The molecule has 0 atom stereocenters. The Labute approximate surface area is 157 Å². The van der Waals surface area contributed by atoms with Crippen LogP contribution in [0, 0.1) is 0 Å². The lowest BCUT2D eigenvalue weighted by molar-refractivity contribution is 0.585. The molecule has 3 aromatic heterocycles. The predicted molar refractivity (Wildman–Crippen MR) is 107 cm³/mol. The van der Waals surface area contributed by atoms with Crippen molar-refractivity contribution in [3.05, 3.63) is 67.0 Å². The molecule has 0 spiro atoms. The molecule has 1 saturated heterocycles. The number of nitrogens with one attached hydrogen (secondary N) is 1. The number of nitrogens with zero attached hydrogens (tertiary/aromatic N) is 5. The van der Waals surface area contributed by atoms with E-state index in [2.05, 4.69) is 44.0 Å². The van der Waals surface area contributed by atoms with Crippen LogP contribution in [0.25, 0.3) is 28.2 Å². The smallest absolute Gasteiger partial charge is 0.167 e. The van der Waals surface area contributed by atoms with Gasteiger partial charge >= 0.3 is 0 Å². The molecule has 1 fully saturated rings. The van der Waals surface area contributed by atoms with Crippen molar-refractivity contribution in [1.82, 2.24) is 24.8 Å². The number of anilines is 1. The van der Waals surface area contributed by atoms with Gasteiger partial charge in [0.1, 0.15) is 17.2 Å². The lowest BCUT2D eigenvalue weighted by Crippen LogP contribution is -2.43. The van der Waals surface area contributed by atoms with Crippen LogP contribution in [0.3, 0.4) is 0 Å². The number of piperazine rings is 1. The molecule has 1 aliphatic heterocycles. The zero-order valence-electron chi connectivity index (χ0n) is 14.9. The number of hydrogen-bond donors (Lipinski definition) is 1. The monoisotopic (exact) mass is 356 g/mol. The average molecular weight is 356 g/mol. The van der Waals surface area contributed by atoms with E-state index in [0.29, 0.717) is 0 Å². The first kappa shape index (κ1) is 16.0. The van der Waals surface area contributed by atoms with E-state index in [1.165, 1.54) is 0 Å². The molecule has 134 valence electrons. The van der Waals surface area contributed by atoms with Crippen molar-refractivity contribution < 1.29 is 0 Å². The molecular formula is C21H20N6. The summed E-state index contributed by atoms with van der Waals surface area (Å²) in [5.41, 5.74) is 3.84. The van der Waals surface area contributed by atoms with Gasteiger partial charge in [-0.2, -0.15) is 0 Å². The van der Waals surface area contributed by atoms with Crippen LogP contribution in [-0.2, 0) is 0 Å². The fourth-order valence-corrected chi connectivity index (χ4v) is 3.54. The highest BCUT2D eigenvalue weighted by Gasteiger charge is 2.18. The number of rotatable bonds is 3. The average Bonchev–Trinajstić information content (AvgIpc) is 3.14. The van der Waals surface area contributed by atoms with Crippen LogP contribution in [0.2, 0.25) is 0 Å². The molecule has 1 aromatic carbocycles. The highest BCUT2D eigenvalue weighted by Crippen LogP contribution is 2.28. The van der Waals surface area contributed by atoms with Crippen molar-refractivity contribution in [2.75, 3.05) is 31.1 Å². The Hall–Kier alpha value is -3.25. The first-order valence-corrected chi connectivity index (χ1v) is 9.21. The Kier molecular flexibility index (Phi) is 4.03. The minimum atomic E-state index is 0.871. The van der Waals surface area contributed by atoms with Gasteiger partial charge in [0.2, 0.25) is 0 Å². The Bertz CT molecular complexity index is 1050. The van der Waals surface area contributed by atoms with Crippen molar-refractivity contribution >= 4 is 17.0 Å². The molecule has 4 heterocycles. The largest absolute Gasteiger partial charge is 0.354 e. The Morgan fingerprint density at radius 2 is 1.59 bits per heavy atom. The standard InChI is InChI=1S/C21H20N6/c1-2-4-16(5-3-1)20-24-18-6-7-19(26-14-12-23-13-15-26)25-21(18)27(20)17-8-10-22-11-9-17/h1-11,23H,12-15H2. The number of fused-ring (bicyclic) bond motifs is 1. The van der Waals surface area contributed by atoms with Gasteiger partial charge in [0, 0.05) is 44.1 Å². The summed E-state index contributed by atoms with van der Waals surface area (Å²) in [5.74, 6) is 1.89. The number of aromatic nitrogens is 4. The molecule has 1 aliphatic rings. The van der Waals surface area contributed by atoms with Gasteiger partial charge in [-0.15, -0.1) is 0 Å². The SMILES string of the molecule is c1ccc(-c2nc3ccc(N4CCNCC4)nc3n2-c2ccncc2)cc1. The molecule has 0 amide bonds. The van der Waals surface area contributed by atoms with E-state index in [-0.39, 0.29) is 0 Å². The summed E-state index contributed by atoms with van der Waals surface area (Å²) in [7, 11) is 0. The molecular weight excluding hydrogens is 336 g/mol. The minimum absolute atomic E-state index is 0.871. The van der Waals surface area contributed by atoms with Crippen LogP contribution in [-0.4, -0.2) is 45.7 Å². The summed E-state index contributed by atoms with van der Waals surface area (Å²) in [6, 6.07) is 18.4. The van der Waals surface area contributed by atoms with Gasteiger partial charge < -0.3 is 10.2 Å². The number of benzene rings is 1. The fourth-order valence-electron chi connectivity index (χ4n) is 3.54. The van der Waals surface area contributed by atoms with Crippen LogP contribution in [0.5, 0.6) is 0 Å². The summed E-state index contributed by atoms with van der Waals surface area (Å²) in [4.78, 5) is 16.4. The van der Waals surface area contributed by atoms with Crippen LogP contribution in [0.15, 0.2) is 67.0 Å². The van der Waals surface area contributed by atoms with Crippen LogP contribution >= 0.6 is 0 Å². The molecule has 5 rings (SSSR count). The summed E-state index contributed by atoms with van der Waals surface area (Å²) in [6.45, 7) is 3.90. The van der Waals surface area contributed by atoms with Crippen molar-refractivity contribution in [3.63, 3.8) is 0 Å². The predicted octanol–water partition coefficient (Wildman–Crippen LogP) is 2.89. The topological polar surface area (TPSA) is 58.9 Å². The summed E-state index contributed by atoms with van der Waals surface area (Å²) in [6.07, 6.45) is 3.60. The fraction of sp³-hybridized carbons (Fsp3) is 0.190. The summed E-state index contributed by atoms with van der Waals surface area (Å²) in [5, 5.41) is 3.39. The molecule has 1 N–H and O–H groups in total. The molecule has 6 heteroatoms. The summed E-state index contributed by atoms with van der Waals surface area (Å²) < 4.78 is 2.12. The maximum absolute atomic E-state index is 5.00. The van der Waals surface area contributed by atoms with E-state index in [9.17, 15) is 0 Å². The lowest BCUT2D eigenvalue weighted by atomic mass is 10.2. The van der Waals surface area contributed by atoms with Gasteiger partial charge in [0.05, 0.1) is 5.69 Å². The third-order valence-electron chi connectivity index (χ3n) is 4.88. The van der Waals surface area contributed by atoms with Crippen LogP contribution in [0.1, 0.15) is 0 Å². The first-order valence-electron chi connectivity index (χ1n) is 9.21. The van der Waals surface area contributed by atoms with E-state index in [4.69, 9.17) is 9.97 Å². The Morgan fingerprint density at radius 1 is 0.815 bits per heavy atom. The first-order chi connectivity index (χ1) is 13.4. The van der Waals surface area contributed by atoms with E-state index >= 15 is 0 Å². The molecule has 4 aromatic rings.